The number of alkyl carbamates (subject to hydrolysis) is 1. The summed E-state index contributed by atoms with van der Waals surface area (Å²) in [4.78, 5) is 12.4. The molecule has 9 heteroatoms. The summed E-state index contributed by atoms with van der Waals surface area (Å²) < 4.78 is 16.6. The normalized spacial score (nSPS) is 17.6. The van der Waals surface area contributed by atoms with E-state index in [4.69, 9.17) is 14.2 Å². The number of aromatic amines is 1. The molecule has 2 atom stereocenters. The fraction of sp³-hybridized carbons (Fsp3) is 0.375. The third kappa shape index (κ3) is 6.53. The lowest BCUT2D eigenvalue weighted by Crippen LogP contribution is -2.38. The molecule has 2 heterocycles. The van der Waals surface area contributed by atoms with Crippen LogP contribution in [0.25, 0.3) is 0 Å². The number of nitrogens with one attached hydrogen (secondary N) is 3. The highest BCUT2D eigenvalue weighted by Gasteiger charge is 2.30. The summed E-state index contributed by atoms with van der Waals surface area (Å²) in [5.41, 5.74) is 3.52. The van der Waals surface area contributed by atoms with E-state index in [1.54, 1.807) is 7.11 Å². The summed E-state index contributed by atoms with van der Waals surface area (Å²) >= 11 is 0. The Labute approximate surface area is 192 Å². The van der Waals surface area contributed by atoms with Gasteiger partial charge in [-0.2, -0.15) is 15.4 Å². The van der Waals surface area contributed by atoms with Gasteiger partial charge in [-0.3, -0.25) is 0 Å². The molecule has 174 valence electrons. The second kappa shape index (κ2) is 11.4. The van der Waals surface area contributed by atoms with Gasteiger partial charge in [0.15, 0.2) is 0 Å². The number of amides is 1. The van der Waals surface area contributed by atoms with E-state index in [1.165, 1.54) is 0 Å². The van der Waals surface area contributed by atoms with Gasteiger partial charge in [-0.1, -0.05) is 42.5 Å². The van der Waals surface area contributed by atoms with Crippen molar-refractivity contribution in [3.05, 3.63) is 77.1 Å². The van der Waals surface area contributed by atoms with Crippen LogP contribution in [0, 0.1) is 0 Å². The molecule has 0 spiro atoms. The average molecular weight is 452 g/mol. The van der Waals surface area contributed by atoms with Gasteiger partial charge in [0.2, 0.25) is 0 Å². The van der Waals surface area contributed by atoms with Crippen LogP contribution in [-0.4, -0.2) is 47.3 Å². The summed E-state index contributed by atoms with van der Waals surface area (Å²) in [5.74, 6) is 0.822. The maximum atomic E-state index is 12.4. The highest BCUT2D eigenvalue weighted by atomic mass is 16.6. The molecule has 2 aromatic carbocycles. The van der Waals surface area contributed by atoms with Crippen molar-refractivity contribution in [2.75, 3.05) is 13.7 Å². The molecule has 0 bridgehead atoms. The molecule has 1 aliphatic rings. The van der Waals surface area contributed by atoms with Crippen LogP contribution in [0.2, 0.25) is 0 Å². The standard InChI is InChI=1S/C24H29N5O4/c1-31-19-9-7-17(8-10-19)13-20-23(11-12-25-20)33-24(30)26-14-21-22(28-29-27-21)16-32-15-18-5-3-2-4-6-18/h2-10,20,23,25H,11-16H2,1H3,(H,26,30)(H,27,28,29)/t20-,23-/m1/s1. The topological polar surface area (TPSA) is 110 Å². The quantitative estimate of drug-likeness (QED) is 0.435. The Hall–Kier alpha value is -3.43. The number of hydrogen-bond acceptors (Lipinski definition) is 7. The minimum Gasteiger partial charge on any atom is -0.497 e. The maximum absolute atomic E-state index is 12.4. The molecule has 4 rings (SSSR count). The largest absolute Gasteiger partial charge is 0.497 e. The summed E-state index contributed by atoms with van der Waals surface area (Å²) in [7, 11) is 1.65. The van der Waals surface area contributed by atoms with E-state index >= 15 is 0 Å². The van der Waals surface area contributed by atoms with Crippen LogP contribution in [0.1, 0.15) is 28.9 Å². The van der Waals surface area contributed by atoms with Crippen molar-refractivity contribution in [3.8, 4) is 5.75 Å². The van der Waals surface area contributed by atoms with Gasteiger partial charge in [0.05, 0.1) is 26.9 Å². The van der Waals surface area contributed by atoms with Crippen LogP contribution in [-0.2, 0) is 35.7 Å². The number of methoxy groups -OCH3 is 1. The van der Waals surface area contributed by atoms with Gasteiger partial charge in [-0.25, -0.2) is 4.79 Å². The van der Waals surface area contributed by atoms with Crippen LogP contribution in [0.4, 0.5) is 4.79 Å². The van der Waals surface area contributed by atoms with Crippen molar-refractivity contribution in [2.24, 2.45) is 0 Å². The molecule has 0 saturated carbocycles. The van der Waals surface area contributed by atoms with Crippen molar-refractivity contribution < 1.29 is 19.0 Å². The minimum absolute atomic E-state index is 0.0677. The molecular formula is C24H29N5O4. The first-order valence-electron chi connectivity index (χ1n) is 11.0. The molecule has 9 nitrogen and oxygen atoms in total. The number of nitrogens with zero attached hydrogens (tertiary/aromatic N) is 2. The second-order valence-electron chi connectivity index (χ2n) is 7.89. The first-order valence-corrected chi connectivity index (χ1v) is 11.0. The van der Waals surface area contributed by atoms with Gasteiger partial charge < -0.3 is 24.8 Å². The Balaban J connectivity index is 1.22. The second-order valence-corrected chi connectivity index (χ2v) is 7.89. The number of hydrogen-bond donors (Lipinski definition) is 3. The predicted octanol–water partition coefficient (Wildman–Crippen LogP) is 2.73. The van der Waals surface area contributed by atoms with Crippen LogP contribution in [0.5, 0.6) is 5.75 Å². The van der Waals surface area contributed by atoms with Gasteiger partial charge in [0, 0.05) is 6.04 Å². The van der Waals surface area contributed by atoms with E-state index in [1.807, 2.05) is 54.6 Å². The van der Waals surface area contributed by atoms with Crippen molar-refractivity contribution in [1.82, 2.24) is 26.0 Å². The number of rotatable bonds is 10. The van der Waals surface area contributed by atoms with E-state index in [2.05, 4.69) is 26.0 Å². The molecular weight excluding hydrogens is 422 g/mol. The fourth-order valence-corrected chi connectivity index (χ4v) is 3.81. The first-order chi connectivity index (χ1) is 16.2. The Kier molecular flexibility index (Phi) is 7.89. The van der Waals surface area contributed by atoms with Crippen LogP contribution in [0.3, 0.4) is 0 Å². The zero-order valence-corrected chi connectivity index (χ0v) is 18.6. The number of carbonyl (C=O) groups excluding carboxylic acids is 1. The monoisotopic (exact) mass is 451 g/mol. The summed E-state index contributed by atoms with van der Waals surface area (Å²) in [6.07, 6.45) is 0.880. The van der Waals surface area contributed by atoms with E-state index in [0.29, 0.717) is 24.6 Å². The highest BCUT2D eigenvalue weighted by Crippen LogP contribution is 2.19. The molecule has 1 aromatic heterocycles. The van der Waals surface area contributed by atoms with Crippen molar-refractivity contribution in [1.29, 1.82) is 0 Å². The minimum atomic E-state index is -0.470. The number of ether oxygens (including phenoxy) is 3. The SMILES string of the molecule is COc1ccc(C[C@H]2NCC[C@H]2OC(=O)NCc2n[nH]nc2COCc2ccccc2)cc1. The highest BCUT2D eigenvalue weighted by molar-refractivity contribution is 5.67. The third-order valence-corrected chi connectivity index (χ3v) is 5.61. The van der Waals surface area contributed by atoms with E-state index in [0.717, 1.165) is 36.3 Å². The lowest BCUT2D eigenvalue weighted by molar-refractivity contribution is 0.0891. The summed E-state index contributed by atoms with van der Waals surface area (Å²) in [6.45, 7) is 1.80. The maximum Gasteiger partial charge on any atom is 0.407 e. The Bertz CT molecular complexity index is 1010. The zero-order valence-electron chi connectivity index (χ0n) is 18.6. The molecule has 0 aliphatic carbocycles. The number of H-pyrrole nitrogens is 1. The number of aromatic nitrogens is 3. The number of carbonyl (C=O) groups is 1. The molecule has 1 amide bonds. The lowest BCUT2D eigenvalue weighted by atomic mass is 10.0. The molecule has 3 aromatic rings. The van der Waals surface area contributed by atoms with Gasteiger partial charge in [0.1, 0.15) is 23.2 Å². The van der Waals surface area contributed by atoms with Crippen molar-refractivity contribution >= 4 is 6.09 Å². The Morgan fingerprint density at radius 3 is 2.61 bits per heavy atom. The molecule has 1 aliphatic heterocycles. The summed E-state index contributed by atoms with van der Waals surface area (Å²) in [6, 6.07) is 17.9. The van der Waals surface area contributed by atoms with Crippen LogP contribution in [0.15, 0.2) is 54.6 Å². The van der Waals surface area contributed by atoms with E-state index < -0.39 is 6.09 Å². The molecule has 1 fully saturated rings. The van der Waals surface area contributed by atoms with Crippen LogP contribution < -0.4 is 15.4 Å². The predicted molar refractivity (Wildman–Crippen MR) is 122 cm³/mol. The van der Waals surface area contributed by atoms with Crippen molar-refractivity contribution in [3.63, 3.8) is 0 Å². The van der Waals surface area contributed by atoms with Gasteiger partial charge in [0.25, 0.3) is 0 Å². The fourth-order valence-electron chi connectivity index (χ4n) is 3.81. The van der Waals surface area contributed by atoms with Gasteiger partial charge in [-0.05, 0) is 42.6 Å². The van der Waals surface area contributed by atoms with Crippen molar-refractivity contribution in [2.45, 2.75) is 44.7 Å². The van der Waals surface area contributed by atoms with E-state index in [9.17, 15) is 4.79 Å². The number of benzene rings is 2. The first kappa shape index (κ1) is 22.8. The Morgan fingerprint density at radius 2 is 1.82 bits per heavy atom. The molecule has 33 heavy (non-hydrogen) atoms. The lowest BCUT2D eigenvalue weighted by Gasteiger charge is -2.20. The molecule has 3 N–H and O–H groups in total. The van der Waals surface area contributed by atoms with E-state index in [-0.39, 0.29) is 18.7 Å². The molecule has 0 unspecified atom stereocenters. The summed E-state index contributed by atoms with van der Waals surface area (Å²) in [5, 5.41) is 17.0. The third-order valence-electron chi connectivity index (χ3n) is 5.61. The van der Waals surface area contributed by atoms with Crippen LogP contribution >= 0.6 is 0 Å². The molecule has 0 radical (unpaired) electrons. The zero-order chi connectivity index (χ0) is 22.9. The van der Waals surface area contributed by atoms with Gasteiger partial charge in [-0.15, -0.1) is 0 Å². The Morgan fingerprint density at radius 1 is 1.03 bits per heavy atom. The molecule has 1 saturated heterocycles. The van der Waals surface area contributed by atoms with Gasteiger partial charge >= 0.3 is 6.09 Å². The average Bonchev–Trinajstić information content (AvgIpc) is 3.48. The smallest absolute Gasteiger partial charge is 0.407 e.